The highest BCUT2D eigenvalue weighted by Gasteiger charge is 2.29. The number of imide groups is 1. The van der Waals surface area contributed by atoms with Crippen LogP contribution in [0.25, 0.3) is 21.9 Å². The lowest BCUT2D eigenvalue weighted by molar-refractivity contribution is 0.0882. The molecule has 1 aliphatic heterocycles. The van der Waals surface area contributed by atoms with Gasteiger partial charge in [-0.25, -0.2) is 4.90 Å². The molecule has 2 amide bonds. The van der Waals surface area contributed by atoms with Gasteiger partial charge in [-0.1, -0.05) is 23.2 Å². The maximum atomic E-state index is 13.9. The van der Waals surface area contributed by atoms with E-state index in [0.717, 1.165) is 78.9 Å². The fourth-order valence-corrected chi connectivity index (χ4v) is 6.67. The van der Waals surface area contributed by atoms with Crippen molar-refractivity contribution < 1.29 is 14.0 Å². The molecule has 49 heavy (non-hydrogen) atoms. The van der Waals surface area contributed by atoms with Crippen LogP contribution < -0.4 is 9.80 Å². The van der Waals surface area contributed by atoms with Gasteiger partial charge in [0.15, 0.2) is 5.76 Å². The Morgan fingerprint density at radius 1 is 0.837 bits per heavy atom. The number of halogens is 2. The predicted octanol–water partition coefficient (Wildman–Crippen LogP) is 8.72. The number of fused-ring (bicyclic) bond motifs is 2. The average Bonchev–Trinajstić information content (AvgIpc) is 3.75. The summed E-state index contributed by atoms with van der Waals surface area (Å²) >= 11 is 12.1. The van der Waals surface area contributed by atoms with Crippen LogP contribution in [0.2, 0.25) is 10.0 Å². The first-order chi connectivity index (χ1) is 23.9. The first kappa shape index (κ1) is 32.5. The molecule has 246 valence electrons. The van der Waals surface area contributed by atoms with Crippen LogP contribution in [-0.4, -0.2) is 54.4 Å². The molecule has 7 rings (SSSR count). The Bertz CT molecular complexity index is 2180. The summed E-state index contributed by atoms with van der Waals surface area (Å²) in [6, 6.07) is 28.6. The number of unbranched alkanes of at least 4 members (excludes halogenated alkanes) is 1. The number of nitriles is 1. The summed E-state index contributed by atoms with van der Waals surface area (Å²) < 4.78 is 6.00. The average molecular weight is 691 g/mol. The minimum atomic E-state index is -0.578. The molecule has 0 aliphatic carbocycles. The molecule has 0 spiro atoms. The van der Waals surface area contributed by atoms with Gasteiger partial charge in [-0.05, 0) is 122 Å². The zero-order valence-electron chi connectivity index (χ0n) is 26.7. The molecule has 0 atom stereocenters. The minimum absolute atomic E-state index is 0.0624. The summed E-state index contributed by atoms with van der Waals surface area (Å²) in [6.45, 7) is 4.77. The number of H-pyrrole nitrogens is 1. The van der Waals surface area contributed by atoms with E-state index >= 15 is 0 Å². The highest BCUT2D eigenvalue weighted by atomic mass is 35.5. The number of rotatable bonds is 9. The lowest BCUT2D eigenvalue weighted by Crippen LogP contribution is -2.46. The summed E-state index contributed by atoms with van der Waals surface area (Å²) in [7, 11) is 0. The Balaban J connectivity index is 0.983. The highest BCUT2D eigenvalue weighted by Crippen LogP contribution is 2.29. The molecular weight excluding hydrogens is 657 g/mol. The van der Waals surface area contributed by atoms with Crippen molar-refractivity contribution in [3.05, 3.63) is 130 Å². The van der Waals surface area contributed by atoms with E-state index in [-0.39, 0.29) is 5.76 Å². The van der Waals surface area contributed by atoms with E-state index in [4.69, 9.17) is 27.6 Å². The largest absolute Gasteiger partial charge is 0.451 e. The summed E-state index contributed by atoms with van der Waals surface area (Å²) in [5, 5.41) is 12.2. The van der Waals surface area contributed by atoms with Crippen molar-refractivity contribution in [1.29, 1.82) is 5.26 Å². The van der Waals surface area contributed by atoms with Crippen molar-refractivity contribution in [2.45, 2.75) is 19.3 Å². The second-order valence-corrected chi connectivity index (χ2v) is 13.1. The number of aryl methyl sites for hydroxylation is 1. The normalized spacial score (nSPS) is 13.5. The predicted molar refractivity (Wildman–Crippen MR) is 195 cm³/mol. The molecule has 0 bridgehead atoms. The summed E-state index contributed by atoms with van der Waals surface area (Å²) in [6.07, 6.45) is 5.24. The number of piperazine rings is 1. The van der Waals surface area contributed by atoms with Gasteiger partial charge in [0, 0.05) is 70.0 Å². The van der Waals surface area contributed by atoms with Crippen molar-refractivity contribution in [3.8, 4) is 6.07 Å². The van der Waals surface area contributed by atoms with Gasteiger partial charge in [-0.15, -0.1) is 0 Å². The molecule has 4 aromatic carbocycles. The van der Waals surface area contributed by atoms with E-state index in [9.17, 15) is 14.9 Å². The summed E-state index contributed by atoms with van der Waals surface area (Å²) in [5.74, 6) is -1.02. The minimum Gasteiger partial charge on any atom is -0.451 e. The Morgan fingerprint density at radius 2 is 1.57 bits per heavy atom. The molecule has 10 heteroatoms. The number of nitrogens with zero attached hydrogens (tertiary/aromatic N) is 4. The van der Waals surface area contributed by atoms with E-state index in [1.807, 2.05) is 36.4 Å². The molecule has 0 unspecified atom stereocenters. The highest BCUT2D eigenvalue weighted by molar-refractivity contribution is 6.31. The van der Waals surface area contributed by atoms with Crippen molar-refractivity contribution in [1.82, 2.24) is 9.88 Å². The third kappa shape index (κ3) is 7.06. The van der Waals surface area contributed by atoms with E-state index in [2.05, 4.69) is 27.0 Å². The number of benzene rings is 4. The third-order valence-electron chi connectivity index (χ3n) is 9.10. The molecular formula is C39H33Cl2N5O3. The van der Waals surface area contributed by atoms with Crippen molar-refractivity contribution >= 4 is 68.3 Å². The Labute approximate surface area is 294 Å². The Hall–Kier alpha value is -5.07. The van der Waals surface area contributed by atoms with Gasteiger partial charge >= 0.3 is 5.91 Å². The number of aromatic nitrogens is 1. The number of nitrogens with one attached hydrogen (secondary N) is 1. The lowest BCUT2D eigenvalue weighted by Gasteiger charge is -2.36. The zero-order chi connectivity index (χ0) is 33.9. The number of hydrogen-bond donors (Lipinski definition) is 1. The molecule has 1 aliphatic rings. The number of amides is 2. The van der Waals surface area contributed by atoms with Crippen molar-refractivity contribution in [3.63, 3.8) is 0 Å². The zero-order valence-corrected chi connectivity index (χ0v) is 28.2. The van der Waals surface area contributed by atoms with Gasteiger partial charge in [0.05, 0.1) is 17.3 Å². The quantitative estimate of drug-likeness (QED) is 0.120. The van der Waals surface area contributed by atoms with Crippen molar-refractivity contribution in [2.24, 2.45) is 0 Å². The number of furan rings is 1. The Morgan fingerprint density at radius 3 is 2.31 bits per heavy atom. The first-order valence-electron chi connectivity index (χ1n) is 16.3. The van der Waals surface area contributed by atoms with E-state index in [1.165, 1.54) is 5.56 Å². The third-order valence-corrected chi connectivity index (χ3v) is 9.60. The van der Waals surface area contributed by atoms with Gasteiger partial charge in [0.1, 0.15) is 5.58 Å². The fraction of sp³-hybridized carbons (Fsp3) is 0.205. The topological polar surface area (TPSA) is 96.6 Å². The number of carbonyl (C=O) groups excluding carboxylic acids is 2. The molecule has 3 heterocycles. The van der Waals surface area contributed by atoms with E-state index in [1.54, 1.807) is 54.6 Å². The number of carbonyl (C=O) groups is 2. The molecule has 8 nitrogen and oxygen atoms in total. The SMILES string of the molecule is N#Cc1ccc2[nH]cc(CCCCN3CCN(c4ccc5oc(C(=O)N(C(=O)c6ccc(Cl)cc6)c6ccc(Cl)cc6)cc5c4)CC3)c2c1. The second kappa shape index (κ2) is 14.2. The number of aromatic amines is 1. The van der Waals surface area contributed by atoms with Crippen LogP contribution in [0.5, 0.6) is 0 Å². The van der Waals surface area contributed by atoms with Gasteiger partial charge < -0.3 is 14.3 Å². The lowest BCUT2D eigenvalue weighted by atomic mass is 10.1. The van der Waals surface area contributed by atoms with Crippen LogP contribution in [0.1, 0.15) is 44.9 Å². The van der Waals surface area contributed by atoms with Crippen LogP contribution in [0.4, 0.5) is 11.4 Å². The van der Waals surface area contributed by atoms with E-state index in [0.29, 0.717) is 32.4 Å². The van der Waals surface area contributed by atoms with Crippen LogP contribution in [0, 0.1) is 11.3 Å². The van der Waals surface area contributed by atoms with Crippen LogP contribution in [0.3, 0.4) is 0 Å². The van der Waals surface area contributed by atoms with Gasteiger partial charge in [-0.2, -0.15) is 5.26 Å². The molecule has 0 radical (unpaired) electrons. The fourth-order valence-electron chi connectivity index (χ4n) is 6.42. The van der Waals surface area contributed by atoms with Gasteiger partial charge in [-0.3, -0.25) is 14.5 Å². The summed E-state index contributed by atoms with van der Waals surface area (Å²) in [4.78, 5) is 36.8. The van der Waals surface area contributed by atoms with Crippen LogP contribution in [0.15, 0.2) is 102 Å². The van der Waals surface area contributed by atoms with Crippen LogP contribution in [-0.2, 0) is 6.42 Å². The summed E-state index contributed by atoms with van der Waals surface area (Å²) in [5.41, 5.74) is 5.35. The van der Waals surface area contributed by atoms with Gasteiger partial charge in [0.25, 0.3) is 5.91 Å². The van der Waals surface area contributed by atoms with E-state index < -0.39 is 11.8 Å². The molecule has 6 aromatic rings. The number of anilines is 2. The van der Waals surface area contributed by atoms with Crippen molar-refractivity contribution in [2.75, 3.05) is 42.5 Å². The maximum Gasteiger partial charge on any atom is 0.301 e. The monoisotopic (exact) mass is 689 g/mol. The molecule has 1 saturated heterocycles. The number of hydrogen-bond acceptors (Lipinski definition) is 6. The molecule has 2 aromatic heterocycles. The molecule has 0 saturated carbocycles. The molecule has 1 fully saturated rings. The second-order valence-electron chi connectivity index (χ2n) is 12.2. The van der Waals surface area contributed by atoms with Gasteiger partial charge in [0.2, 0.25) is 0 Å². The van der Waals surface area contributed by atoms with Crippen LogP contribution >= 0.6 is 23.2 Å². The first-order valence-corrected chi connectivity index (χ1v) is 17.0. The molecule has 1 N–H and O–H groups in total. The maximum absolute atomic E-state index is 13.9. The smallest absolute Gasteiger partial charge is 0.301 e. The standard InChI is InChI=1S/C39H33Cl2N5O3/c40-30-7-5-27(6-8-30)38(47)46(32-11-9-31(41)10-12-32)39(48)37-23-29-22-33(13-15-36(29)49-37)45-19-17-44(18-20-45)16-2-1-3-28-25-43-35-14-4-26(24-42)21-34(28)35/h4-15,21-23,25,43H,1-3,16-20H2. The Kier molecular flexibility index (Phi) is 9.41.